The molecule has 8 heteroatoms. The van der Waals surface area contributed by atoms with Crippen LogP contribution in [0.1, 0.15) is 23.7 Å². The van der Waals surface area contributed by atoms with Crippen LogP contribution in [-0.4, -0.2) is 17.4 Å². The zero-order valence-corrected chi connectivity index (χ0v) is 12.5. The lowest BCUT2D eigenvalue weighted by atomic mass is 10.3. The molecule has 1 aromatic heterocycles. The lowest BCUT2D eigenvalue weighted by molar-refractivity contribution is -0.140. The zero-order valence-electron chi connectivity index (χ0n) is 11.6. The van der Waals surface area contributed by atoms with Gasteiger partial charge in [-0.05, 0) is 19.1 Å². The van der Waals surface area contributed by atoms with E-state index < -0.39 is 17.9 Å². The summed E-state index contributed by atoms with van der Waals surface area (Å²) in [4.78, 5) is 15.3. The maximum absolute atomic E-state index is 12.5. The van der Waals surface area contributed by atoms with E-state index in [-0.39, 0.29) is 12.5 Å². The molecule has 0 unspecified atom stereocenters. The van der Waals surface area contributed by atoms with Crippen LogP contribution in [0.5, 0.6) is 0 Å². The van der Waals surface area contributed by atoms with E-state index in [1.807, 2.05) is 6.07 Å². The highest BCUT2D eigenvalue weighted by molar-refractivity contribution is 7.09. The van der Waals surface area contributed by atoms with Gasteiger partial charge in [-0.15, -0.1) is 11.3 Å². The van der Waals surface area contributed by atoms with Crippen LogP contribution < -0.4 is 10.6 Å². The van der Waals surface area contributed by atoms with Gasteiger partial charge in [0.05, 0.1) is 12.6 Å². The van der Waals surface area contributed by atoms with Crippen molar-refractivity contribution >= 4 is 22.9 Å². The topological polar surface area (TPSA) is 54.0 Å². The number of carbonyl (C=O) groups excluding carboxylic acids is 1. The summed E-state index contributed by atoms with van der Waals surface area (Å²) < 4.78 is 37.4. The molecule has 0 aliphatic rings. The normalized spacial score (nSPS) is 12.9. The van der Waals surface area contributed by atoms with Crippen LogP contribution in [-0.2, 0) is 11.0 Å². The smallest absolute Gasteiger partial charge is 0.325 e. The summed E-state index contributed by atoms with van der Waals surface area (Å²) in [5.41, 5.74) is -0.245. The number of halogens is 3. The Morgan fingerprint density at radius 1 is 1.32 bits per heavy atom. The van der Waals surface area contributed by atoms with E-state index in [9.17, 15) is 18.0 Å². The summed E-state index contributed by atoms with van der Waals surface area (Å²) in [5, 5.41) is 6.79. The molecule has 1 atom stereocenters. The summed E-state index contributed by atoms with van der Waals surface area (Å²) in [7, 11) is 0. The van der Waals surface area contributed by atoms with E-state index >= 15 is 0 Å². The van der Waals surface area contributed by atoms with E-state index in [1.165, 1.54) is 0 Å². The predicted molar refractivity (Wildman–Crippen MR) is 78.6 cm³/mol. The summed E-state index contributed by atoms with van der Waals surface area (Å²) in [6.45, 7) is 1.64. The number of nitrogens with zero attached hydrogens (tertiary/aromatic N) is 1. The number of amides is 1. The quantitative estimate of drug-likeness (QED) is 0.883. The highest BCUT2D eigenvalue weighted by atomic mass is 32.1. The largest absolute Gasteiger partial charge is 0.434 e. The minimum atomic E-state index is -4.45. The number of carbonyl (C=O) groups is 1. The molecule has 4 nitrogen and oxygen atoms in total. The molecule has 0 aliphatic heterocycles. The maximum atomic E-state index is 12.5. The monoisotopic (exact) mass is 329 g/mol. The van der Waals surface area contributed by atoms with Crippen LogP contribution in [0.25, 0.3) is 0 Å². The fraction of sp³-hybridized carbons (Fsp3) is 0.286. The molecule has 2 aromatic rings. The highest BCUT2D eigenvalue weighted by Crippen LogP contribution is 2.31. The van der Waals surface area contributed by atoms with Crippen molar-refractivity contribution in [2.75, 3.05) is 11.9 Å². The number of nitrogens with one attached hydrogen (secondary N) is 2. The van der Waals surface area contributed by atoms with Gasteiger partial charge in [0.15, 0.2) is 5.69 Å². The Balaban J connectivity index is 1.86. The Labute approximate surface area is 129 Å². The SMILES string of the molecule is C[C@H](NCC(=O)Nc1ccccc1)c1nc(C(F)(F)F)cs1. The fourth-order valence-electron chi connectivity index (χ4n) is 1.68. The number of para-hydroxylation sites is 1. The second-order valence-electron chi connectivity index (χ2n) is 4.59. The lowest BCUT2D eigenvalue weighted by Gasteiger charge is -2.11. The number of aromatic nitrogens is 1. The van der Waals surface area contributed by atoms with Crippen LogP contribution in [0.4, 0.5) is 18.9 Å². The molecule has 1 heterocycles. The van der Waals surface area contributed by atoms with Gasteiger partial charge in [0, 0.05) is 11.1 Å². The first kappa shape index (κ1) is 16.4. The van der Waals surface area contributed by atoms with Gasteiger partial charge < -0.3 is 5.32 Å². The molecule has 2 N–H and O–H groups in total. The molecule has 0 fully saturated rings. The summed E-state index contributed by atoms with van der Waals surface area (Å²) in [6.07, 6.45) is -4.45. The first-order chi connectivity index (χ1) is 10.4. The summed E-state index contributed by atoms with van der Waals surface area (Å²) in [6, 6.07) is 8.47. The van der Waals surface area contributed by atoms with Gasteiger partial charge in [0.25, 0.3) is 0 Å². The molecule has 0 saturated carbocycles. The Morgan fingerprint density at radius 3 is 2.59 bits per heavy atom. The van der Waals surface area contributed by atoms with Crippen LogP contribution in [0.15, 0.2) is 35.7 Å². The van der Waals surface area contributed by atoms with Gasteiger partial charge in [-0.2, -0.15) is 13.2 Å². The van der Waals surface area contributed by atoms with Crippen molar-refractivity contribution in [3.8, 4) is 0 Å². The van der Waals surface area contributed by atoms with Gasteiger partial charge in [0.1, 0.15) is 5.01 Å². The molecular formula is C14H14F3N3OS. The number of thiazole rings is 1. The summed E-state index contributed by atoms with van der Waals surface area (Å²) >= 11 is 0.915. The van der Waals surface area contributed by atoms with E-state index in [0.717, 1.165) is 16.7 Å². The predicted octanol–water partition coefficient (Wildman–Crippen LogP) is 3.45. The van der Waals surface area contributed by atoms with Crippen molar-refractivity contribution in [1.82, 2.24) is 10.3 Å². The third-order valence-electron chi connectivity index (χ3n) is 2.81. The van der Waals surface area contributed by atoms with E-state index in [2.05, 4.69) is 15.6 Å². The molecule has 0 aliphatic carbocycles. The molecule has 22 heavy (non-hydrogen) atoms. The number of hydrogen-bond donors (Lipinski definition) is 2. The standard InChI is InChI=1S/C14H14F3N3OS/c1-9(13-20-11(8-22-13)14(15,16)17)18-7-12(21)19-10-5-3-2-4-6-10/h2-6,8-9,18H,7H2,1H3,(H,19,21)/t9-/m0/s1. The molecule has 1 amide bonds. The van der Waals surface area contributed by atoms with E-state index in [1.54, 1.807) is 31.2 Å². The zero-order chi connectivity index (χ0) is 16.2. The molecular weight excluding hydrogens is 315 g/mol. The third kappa shape index (κ3) is 4.54. The van der Waals surface area contributed by atoms with Crippen LogP contribution in [0.2, 0.25) is 0 Å². The van der Waals surface area contributed by atoms with Crippen LogP contribution in [0, 0.1) is 0 Å². The first-order valence-corrected chi connectivity index (χ1v) is 7.35. The fourth-order valence-corrected chi connectivity index (χ4v) is 2.53. The molecule has 0 bridgehead atoms. The molecule has 2 rings (SSSR count). The van der Waals surface area contributed by atoms with Gasteiger partial charge in [-0.25, -0.2) is 4.98 Å². The van der Waals surface area contributed by atoms with Crippen molar-refractivity contribution in [3.05, 3.63) is 46.4 Å². The van der Waals surface area contributed by atoms with E-state index in [0.29, 0.717) is 10.7 Å². The average molecular weight is 329 g/mol. The number of hydrogen-bond acceptors (Lipinski definition) is 4. The maximum Gasteiger partial charge on any atom is 0.434 e. The van der Waals surface area contributed by atoms with Gasteiger partial charge in [-0.1, -0.05) is 18.2 Å². The molecule has 0 spiro atoms. The number of anilines is 1. The highest BCUT2D eigenvalue weighted by Gasteiger charge is 2.34. The minimum absolute atomic E-state index is 0.0169. The van der Waals surface area contributed by atoms with Crippen molar-refractivity contribution in [1.29, 1.82) is 0 Å². The molecule has 0 radical (unpaired) electrons. The first-order valence-electron chi connectivity index (χ1n) is 6.47. The number of benzene rings is 1. The van der Waals surface area contributed by atoms with Gasteiger partial charge in [0.2, 0.25) is 5.91 Å². The molecule has 118 valence electrons. The van der Waals surface area contributed by atoms with Crippen molar-refractivity contribution in [2.24, 2.45) is 0 Å². The lowest BCUT2D eigenvalue weighted by Crippen LogP contribution is -2.30. The second-order valence-corrected chi connectivity index (χ2v) is 5.48. The summed E-state index contributed by atoms with van der Waals surface area (Å²) in [5.74, 6) is -0.273. The average Bonchev–Trinajstić information content (AvgIpc) is 2.96. The Bertz CT molecular complexity index is 628. The Kier molecular flexibility index (Phi) is 5.15. The van der Waals surface area contributed by atoms with Gasteiger partial charge >= 0.3 is 6.18 Å². The molecule has 1 aromatic carbocycles. The van der Waals surface area contributed by atoms with Crippen molar-refractivity contribution in [3.63, 3.8) is 0 Å². The molecule has 0 saturated heterocycles. The van der Waals surface area contributed by atoms with E-state index in [4.69, 9.17) is 0 Å². The second kappa shape index (κ2) is 6.89. The van der Waals surface area contributed by atoms with Gasteiger partial charge in [-0.3, -0.25) is 10.1 Å². The van der Waals surface area contributed by atoms with Crippen molar-refractivity contribution in [2.45, 2.75) is 19.1 Å². The third-order valence-corrected chi connectivity index (χ3v) is 3.84. The van der Waals surface area contributed by atoms with Crippen molar-refractivity contribution < 1.29 is 18.0 Å². The Hall–Kier alpha value is -1.93. The minimum Gasteiger partial charge on any atom is -0.325 e. The number of rotatable bonds is 5. The van der Waals surface area contributed by atoms with Crippen LogP contribution in [0.3, 0.4) is 0 Å². The number of alkyl halides is 3. The van der Waals surface area contributed by atoms with Crippen LogP contribution >= 0.6 is 11.3 Å². The Morgan fingerprint density at radius 2 is 2.00 bits per heavy atom.